The topological polar surface area (TPSA) is 75.3 Å². The fourth-order valence-corrected chi connectivity index (χ4v) is 4.99. The third kappa shape index (κ3) is 3.11. The Morgan fingerprint density at radius 2 is 2.26 bits per heavy atom. The van der Waals surface area contributed by atoms with Gasteiger partial charge in [0.15, 0.2) is 9.84 Å². The number of rotatable bonds is 5. The van der Waals surface area contributed by atoms with E-state index in [4.69, 9.17) is 0 Å². The van der Waals surface area contributed by atoms with Gasteiger partial charge < -0.3 is 10.6 Å². The summed E-state index contributed by atoms with van der Waals surface area (Å²) >= 11 is 0. The number of sulfone groups is 1. The molecule has 0 aromatic rings. The normalized spacial score (nSPS) is 33.4. The van der Waals surface area contributed by atoms with Crippen LogP contribution in [-0.4, -0.2) is 45.0 Å². The fraction of sp³-hybridized carbons (Fsp3) is 0.923. The van der Waals surface area contributed by atoms with Crippen LogP contribution in [0.3, 0.4) is 0 Å². The molecule has 2 atom stereocenters. The highest BCUT2D eigenvalue weighted by atomic mass is 32.2. The van der Waals surface area contributed by atoms with Gasteiger partial charge in [-0.15, -0.1) is 0 Å². The zero-order valence-electron chi connectivity index (χ0n) is 11.6. The third-order valence-electron chi connectivity index (χ3n) is 4.41. The molecule has 2 saturated heterocycles. The molecule has 2 heterocycles. The van der Waals surface area contributed by atoms with E-state index in [0.717, 1.165) is 32.2 Å². The van der Waals surface area contributed by atoms with Crippen LogP contribution in [0.1, 0.15) is 39.0 Å². The molecule has 19 heavy (non-hydrogen) atoms. The van der Waals surface area contributed by atoms with Crippen LogP contribution in [0.4, 0.5) is 0 Å². The van der Waals surface area contributed by atoms with Crippen LogP contribution >= 0.6 is 0 Å². The van der Waals surface area contributed by atoms with Gasteiger partial charge in [0.05, 0.1) is 16.4 Å². The molecule has 6 heteroatoms. The van der Waals surface area contributed by atoms with Crippen molar-refractivity contribution in [2.75, 3.05) is 25.4 Å². The van der Waals surface area contributed by atoms with Gasteiger partial charge in [-0.1, -0.05) is 13.3 Å². The number of carbonyl (C=O) groups excluding carboxylic acids is 1. The molecule has 2 aliphatic heterocycles. The van der Waals surface area contributed by atoms with E-state index in [1.54, 1.807) is 0 Å². The summed E-state index contributed by atoms with van der Waals surface area (Å²) in [4.78, 5) is 12.4. The molecular weight excluding hydrogens is 264 g/mol. The lowest BCUT2D eigenvalue weighted by molar-refractivity contribution is -0.130. The van der Waals surface area contributed by atoms with E-state index in [0.29, 0.717) is 13.0 Å². The average molecular weight is 288 g/mol. The summed E-state index contributed by atoms with van der Waals surface area (Å²) in [6.45, 7) is 3.95. The largest absolute Gasteiger partial charge is 0.354 e. The Morgan fingerprint density at radius 1 is 1.47 bits per heavy atom. The van der Waals surface area contributed by atoms with E-state index in [1.807, 2.05) is 0 Å². The highest BCUT2D eigenvalue weighted by molar-refractivity contribution is 7.92. The second-order valence-corrected chi connectivity index (χ2v) is 8.20. The molecule has 2 fully saturated rings. The fourth-order valence-electron chi connectivity index (χ4n) is 3.22. The van der Waals surface area contributed by atoms with Crippen molar-refractivity contribution in [3.63, 3.8) is 0 Å². The second kappa shape index (κ2) is 5.79. The minimum atomic E-state index is -2.97. The molecule has 0 radical (unpaired) electrons. The molecule has 0 saturated carbocycles. The third-order valence-corrected chi connectivity index (χ3v) is 6.68. The van der Waals surface area contributed by atoms with E-state index in [9.17, 15) is 13.2 Å². The standard InChI is InChI=1S/C13H24N2O3S/c1-2-5-13(6-7-14-10-13)12(16)15-9-11-4-3-8-19(11,17)18/h11,14H,2-10H2,1H3,(H,15,16). The first kappa shape index (κ1) is 14.8. The van der Waals surface area contributed by atoms with Crippen LogP contribution < -0.4 is 10.6 Å². The van der Waals surface area contributed by atoms with Crippen LogP contribution in [0.5, 0.6) is 0 Å². The maximum absolute atomic E-state index is 12.4. The first-order chi connectivity index (χ1) is 9.00. The molecule has 0 aromatic heterocycles. The Balaban J connectivity index is 1.93. The molecule has 110 valence electrons. The van der Waals surface area contributed by atoms with Gasteiger partial charge in [0, 0.05) is 13.1 Å². The Bertz CT molecular complexity index is 427. The molecular formula is C13H24N2O3S. The molecule has 0 bridgehead atoms. The van der Waals surface area contributed by atoms with E-state index in [2.05, 4.69) is 17.6 Å². The summed E-state index contributed by atoms with van der Waals surface area (Å²) in [6, 6.07) is 0. The second-order valence-electron chi connectivity index (χ2n) is 5.80. The van der Waals surface area contributed by atoms with Gasteiger partial charge in [0.2, 0.25) is 5.91 Å². The number of carbonyl (C=O) groups is 1. The summed E-state index contributed by atoms with van der Waals surface area (Å²) in [5.41, 5.74) is -0.322. The summed E-state index contributed by atoms with van der Waals surface area (Å²) in [7, 11) is -2.97. The van der Waals surface area contributed by atoms with Crippen molar-refractivity contribution >= 4 is 15.7 Å². The van der Waals surface area contributed by atoms with Gasteiger partial charge in [-0.3, -0.25) is 4.79 Å². The Labute approximate surface area is 115 Å². The van der Waals surface area contributed by atoms with Crippen molar-refractivity contribution in [3.05, 3.63) is 0 Å². The molecule has 2 unspecified atom stereocenters. The molecule has 2 rings (SSSR count). The maximum atomic E-state index is 12.4. The SMILES string of the molecule is CCCC1(C(=O)NCC2CCCS2(=O)=O)CCNC1. The van der Waals surface area contributed by atoms with Crippen molar-refractivity contribution in [3.8, 4) is 0 Å². The maximum Gasteiger partial charge on any atom is 0.227 e. The first-order valence-corrected chi connectivity index (χ1v) is 8.92. The molecule has 0 spiro atoms. The lowest BCUT2D eigenvalue weighted by Crippen LogP contribution is -2.45. The van der Waals surface area contributed by atoms with Crippen LogP contribution in [0, 0.1) is 5.41 Å². The van der Waals surface area contributed by atoms with E-state index in [1.165, 1.54) is 0 Å². The Kier molecular flexibility index (Phi) is 4.50. The van der Waals surface area contributed by atoms with Crippen LogP contribution in [0.15, 0.2) is 0 Å². The lowest BCUT2D eigenvalue weighted by Gasteiger charge is -2.27. The number of hydrogen-bond acceptors (Lipinski definition) is 4. The van der Waals surface area contributed by atoms with E-state index < -0.39 is 9.84 Å². The van der Waals surface area contributed by atoms with Crippen molar-refractivity contribution < 1.29 is 13.2 Å². The smallest absolute Gasteiger partial charge is 0.227 e. The summed E-state index contributed by atoms with van der Waals surface area (Å²) in [5.74, 6) is 0.302. The number of hydrogen-bond donors (Lipinski definition) is 2. The monoisotopic (exact) mass is 288 g/mol. The van der Waals surface area contributed by atoms with Gasteiger partial charge in [-0.05, 0) is 32.2 Å². The van der Waals surface area contributed by atoms with Crippen LogP contribution in [0.2, 0.25) is 0 Å². The minimum absolute atomic E-state index is 0.0291. The summed E-state index contributed by atoms with van der Waals surface area (Å²) in [6.07, 6.45) is 4.09. The lowest BCUT2D eigenvalue weighted by atomic mass is 9.81. The minimum Gasteiger partial charge on any atom is -0.354 e. The predicted molar refractivity (Wildman–Crippen MR) is 74.6 cm³/mol. The molecule has 0 aromatic carbocycles. The summed E-state index contributed by atoms with van der Waals surface area (Å²) in [5, 5.41) is 5.76. The molecule has 2 aliphatic rings. The Morgan fingerprint density at radius 3 is 2.79 bits per heavy atom. The Hall–Kier alpha value is -0.620. The van der Waals surface area contributed by atoms with Crippen molar-refractivity contribution in [2.24, 2.45) is 5.41 Å². The quantitative estimate of drug-likeness (QED) is 0.770. The van der Waals surface area contributed by atoms with Gasteiger partial charge in [0.1, 0.15) is 0 Å². The van der Waals surface area contributed by atoms with Crippen molar-refractivity contribution in [1.29, 1.82) is 0 Å². The van der Waals surface area contributed by atoms with Crippen LogP contribution in [0.25, 0.3) is 0 Å². The van der Waals surface area contributed by atoms with Gasteiger partial charge in [0.25, 0.3) is 0 Å². The highest BCUT2D eigenvalue weighted by Gasteiger charge is 2.41. The van der Waals surface area contributed by atoms with Gasteiger partial charge in [-0.2, -0.15) is 0 Å². The van der Waals surface area contributed by atoms with Gasteiger partial charge >= 0.3 is 0 Å². The summed E-state index contributed by atoms with van der Waals surface area (Å²) < 4.78 is 23.5. The molecule has 0 aliphatic carbocycles. The molecule has 1 amide bonds. The average Bonchev–Trinajstić information content (AvgIpc) is 2.94. The van der Waals surface area contributed by atoms with E-state index >= 15 is 0 Å². The van der Waals surface area contributed by atoms with Crippen LogP contribution in [-0.2, 0) is 14.6 Å². The van der Waals surface area contributed by atoms with Crippen molar-refractivity contribution in [2.45, 2.75) is 44.3 Å². The van der Waals surface area contributed by atoms with Crippen molar-refractivity contribution in [1.82, 2.24) is 10.6 Å². The molecule has 2 N–H and O–H groups in total. The number of nitrogens with one attached hydrogen (secondary N) is 2. The zero-order chi connectivity index (χ0) is 13.9. The zero-order valence-corrected chi connectivity index (χ0v) is 12.4. The van der Waals surface area contributed by atoms with Gasteiger partial charge in [-0.25, -0.2) is 8.42 Å². The van der Waals surface area contributed by atoms with E-state index in [-0.39, 0.29) is 28.9 Å². The first-order valence-electron chi connectivity index (χ1n) is 7.21. The highest BCUT2D eigenvalue weighted by Crippen LogP contribution is 2.31. The molecule has 5 nitrogen and oxygen atoms in total. The number of amides is 1. The predicted octanol–water partition coefficient (Wildman–Crippen LogP) is 0.460.